The quantitative estimate of drug-likeness (QED) is 0.789. The van der Waals surface area contributed by atoms with Crippen molar-refractivity contribution in [2.45, 2.75) is 24.3 Å². The van der Waals surface area contributed by atoms with Crippen molar-refractivity contribution in [3.8, 4) is 5.75 Å². The van der Waals surface area contributed by atoms with Crippen LogP contribution in [-0.2, 0) is 17.0 Å². The van der Waals surface area contributed by atoms with E-state index in [0.717, 1.165) is 12.0 Å². The average Bonchev–Trinajstić information content (AvgIpc) is 2.60. The number of amides is 1. The second-order valence-corrected chi connectivity index (χ2v) is 6.77. The van der Waals surface area contributed by atoms with Crippen LogP contribution >= 0.6 is 11.8 Å². The Bertz CT molecular complexity index is 664. The number of carbonyl (C=O) groups is 1. The third-order valence-electron chi connectivity index (χ3n) is 3.66. The Hall–Kier alpha value is -2.01. The molecule has 24 heavy (non-hydrogen) atoms. The summed E-state index contributed by atoms with van der Waals surface area (Å²) in [4.78, 5) is 12.1. The van der Waals surface area contributed by atoms with Gasteiger partial charge in [0.05, 0.1) is 12.4 Å². The number of halogens is 1. The molecule has 1 atom stereocenters. The third kappa shape index (κ3) is 5.57. The molecule has 2 rings (SSSR count). The molecule has 128 valence electrons. The van der Waals surface area contributed by atoms with Gasteiger partial charge in [0.2, 0.25) is 5.91 Å². The topological polar surface area (TPSA) is 38.3 Å². The molecule has 0 heterocycles. The summed E-state index contributed by atoms with van der Waals surface area (Å²) in [5.74, 6) is 0.854. The molecular weight excluding hydrogens is 325 g/mol. The van der Waals surface area contributed by atoms with Gasteiger partial charge in [-0.3, -0.25) is 4.79 Å². The van der Waals surface area contributed by atoms with Crippen LogP contribution in [0.1, 0.15) is 18.1 Å². The van der Waals surface area contributed by atoms with Gasteiger partial charge in [-0.15, -0.1) is 11.8 Å². The Kier molecular flexibility index (Phi) is 7.12. The van der Waals surface area contributed by atoms with Gasteiger partial charge in [0, 0.05) is 17.9 Å². The second-order valence-electron chi connectivity index (χ2n) is 5.44. The summed E-state index contributed by atoms with van der Waals surface area (Å²) in [5.41, 5.74) is 1.95. The molecule has 0 saturated heterocycles. The van der Waals surface area contributed by atoms with E-state index < -0.39 is 0 Å². The van der Waals surface area contributed by atoms with E-state index in [9.17, 15) is 9.18 Å². The Labute approximate surface area is 146 Å². The summed E-state index contributed by atoms with van der Waals surface area (Å²) < 4.78 is 18.6. The van der Waals surface area contributed by atoms with Crippen molar-refractivity contribution < 1.29 is 13.9 Å². The second kappa shape index (κ2) is 9.33. The zero-order valence-electron chi connectivity index (χ0n) is 13.9. The Morgan fingerprint density at radius 3 is 2.71 bits per heavy atom. The number of thioether (sulfide) groups is 1. The number of carbonyl (C=O) groups excluding carboxylic acids is 1. The van der Waals surface area contributed by atoms with Gasteiger partial charge in [-0.25, -0.2) is 4.39 Å². The lowest BCUT2D eigenvalue weighted by atomic mass is 10.1. The maximum atomic E-state index is 13.4. The van der Waals surface area contributed by atoms with Gasteiger partial charge in [0.1, 0.15) is 11.6 Å². The van der Waals surface area contributed by atoms with Gasteiger partial charge in [0.25, 0.3) is 0 Å². The summed E-state index contributed by atoms with van der Waals surface area (Å²) in [6.45, 7) is 2.46. The number of ether oxygens (including phenoxy) is 1. The maximum Gasteiger partial charge on any atom is 0.232 e. The zero-order valence-corrected chi connectivity index (χ0v) is 14.7. The fourth-order valence-corrected chi connectivity index (χ4v) is 3.16. The fraction of sp³-hybridized carbons (Fsp3) is 0.316. The van der Waals surface area contributed by atoms with Gasteiger partial charge < -0.3 is 10.1 Å². The first-order valence-electron chi connectivity index (χ1n) is 7.86. The van der Waals surface area contributed by atoms with Crippen LogP contribution in [0.15, 0.2) is 48.5 Å². The van der Waals surface area contributed by atoms with Crippen molar-refractivity contribution in [3.63, 3.8) is 0 Å². The Balaban J connectivity index is 1.78. The number of hydrogen-bond acceptors (Lipinski definition) is 3. The number of methoxy groups -OCH3 is 1. The molecule has 0 aliphatic heterocycles. The van der Waals surface area contributed by atoms with Gasteiger partial charge in [-0.2, -0.15) is 0 Å². The van der Waals surface area contributed by atoms with Crippen LogP contribution in [-0.4, -0.2) is 24.8 Å². The van der Waals surface area contributed by atoms with Crippen LogP contribution < -0.4 is 10.1 Å². The highest BCUT2D eigenvalue weighted by Gasteiger charge is 2.14. The largest absolute Gasteiger partial charge is 0.496 e. The summed E-state index contributed by atoms with van der Waals surface area (Å²) in [7, 11) is 1.56. The molecule has 2 aromatic carbocycles. The van der Waals surface area contributed by atoms with E-state index in [0.29, 0.717) is 18.0 Å². The monoisotopic (exact) mass is 347 g/mol. The van der Waals surface area contributed by atoms with Crippen LogP contribution in [0.2, 0.25) is 0 Å². The standard InChI is InChI=1S/C19H22FNO2S/c1-14(19(22)21-11-10-15-6-4-3-5-7-15)24-13-16-12-17(20)8-9-18(16)23-2/h3-9,12,14H,10-11,13H2,1-2H3,(H,21,22). The lowest BCUT2D eigenvalue weighted by molar-refractivity contribution is -0.120. The summed E-state index contributed by atoms with van der Waals surface area (Å²) in [6.07, 6.45) is 0.807. The molecule has 0 aromatic heterocycles. The molecule has 0 fully saturated rings. The van der Waals surface area contributed by atoms with Crippen LogP contribution in [0.3, 0.4) is 0 Å². The number of hydrogen-bond donors (Lipinski definition) is 1. The van der Waals surface area contributed by atoms with E-state index in [1.165, 1.54) is 29.5 Å². The number of nitrogens with one attached hydrogen (secondary N) is 1. The molecule has 1 N–H and O–H groups in total. The van der Waals surface area contributed by atoms with Crippen LogP contribution in [0.25, 0.3) is 0 Å². The summed E-state index contributed by atoms with van der Waals surface area (Å²) in [5, 5.41) is 2.73. The molecule has 0 aliphatic rings. The number of rotatable bonds is 8. The smallest absolute Gasteiger partial charge is 0.232 e. The minimum absolute atomic E-state index is 0.00805. The third-order valence-corrected chi connectivity index (χ3v) is 4.85. The normalized spacial score (nSPS) is 11.8. The lowest BCUT2D eigenvalue weighted by Gasteiger charge is -2.13. The molecule has 5 heteroatoms. The summed E-state index contributed by atoms with van der Waals surface area (Å²) in [6, 6.07) is 14.5. The van der Waals surface area contributed by atoms with Crippen molar-refractivity contribution >= 4 is 17.7 Å². The predicted octanol–water partition coefficient (Wildman–Crippen LogP) is 3.81. The molecule has 0 saturated carbocycles. The first-order valence-corrected chi connectivity index (χ1v) is 8.90. The van der Waals surface area contributed by atoms with Crippen molar-refractivity contribution in [2.24, 2.45) is 0 Å². The highest BCUT2D eigenvalue weighted by molar-refractivity contribution is 7.99. The van der Waals surface area contributed by atoms with E-state index in [1.54, 1.807) is 13.2 Å². The molecule has 1 unspecified atom stereocenters. The first-order chi connectivity index (χ1) is 11.6. The highest BCUT2D eigenvalue weighted by atomic mass is 32.2. The van der Waals surface area contributed by atoms with Crippen molar-refractivity contribution in [1.29, 1.82) is 0 Å². The molecule has 0 radical (unpaired) electrons. The SMILES string of the molecule is COc1ccc(F)cc1CSC(C)C(=O)NCCc1ccccc1. The fourth-order valence-electron chi connectivity index (χ4n) is 2.27. The maximum absolute atomic E-state index is 13.4. The molecule has 0 spiro atoms. The molecule has 2 aromatic rings. The van der Waals surface area contributed by atoms with Crippen molar-refractivity contribution in [1.82, 2.24) is 5.32 Å². The van der Waals surface area contributed by atoms with Gasteiger partial charge in [-0.05, 0) is 37.1 Å². The minimum Gasteiger partial charge on any atom is -0.496 e. The van der Waals surface area contributed by atoms with Gasteiger partial charge in [0.15, 0.2) is 0 Å². The van der Waals surface area contributed by atoms with E-state index in [2.05, 4.69) is 5.32 Å². The minimum atomic E-state index is -0.300. The van der Waals surface area contributed by atoms with Crippen LogP contribution in [0, 0.1) is 5.82 Å². The molecular formula is C19H22FNO2S. The van der Waals surface area contributed by atoms with Crippen LogP contribution in [0.4, 0.5) is 4.39 Å². The van der Waals surface area contributed by atoms with Gasteiger partial charge in [-0.1, -0.05) is 30.3 Å². The predicted molar refractivity (Wildman–Crippen MR) is 96.9 cm³/mol. The number of benzene rings is 2. The Morgan fingerprint density at radius 2 is 2.00 bits per heavy atom. The van der Waals surface area contributed by atoms with Crippen LogP contribution in [0.5, 0.6) is 5.75 Å². The molecule has 0 aliphatic carbocycles. The molecule has 0 bridgehead atoms. The highest BCUT2D eigenvalue weighted by Crippen LogP contribution is 2.26. The first kappa shape index (κ1) is 18.3. The van der Waals surface area contributed by atoms with E-state index in [1.807, 2.05) is 37.3 Å². The molecule has 1 amide bonds. The molecule has 3 nitrogen and oxygen atoms in total. The average molecular weight is 347 g/mol. The Morgan fingerprint density at radius 1 is 1.25 bits per heavy atom. The summed E-state index contributed by atoms with van der Waals surface area (Å²) >= 11 is 1.46. The van der Waals surface area contributed by atoms with E-state index in [4.69, 9.17) is 4.74 Å². The zero-order chi connectivity index (χ0) is 17.4. The van der Waals surface area contributed by atoms with Gasteiger partial charge >= 0.3 is 0 Å². The van der Waals surface area contributed by atoms with E-state index in [-0.39, 0.29) is 17.0 Å². The van der Waals surface area contributed by atoms with Crippen molar-refractivity contribution in [2.75, 3.05) is 13.7 Å². The van der Waals surface area contributed by atoms with Crippen molar-refractivity contribution in [3.05, 3.63) is 65.5 Å². The van der Waals surface area contributed by atoms with E-state index >= 15 is 0 Å². The lowest BCUT2D eigenvalue weighted by Crippen LogP contribution is -2.32.